The number of rotatable bonds is 14. The normalized spacial score (nSPS) is 11.3. The molecular formula is C36H36N2O5. The number of carboxylic acids is 1. The number of aliphatic carboxylic acids is 1. The number of hydrogen-bond donors (Lipinski definition) is 2. The van der Waals surface area contributed by atoms with Crippen molar-refractivity contribution in [2.45, 2.75) is 32.7 Å². The first-order valence-electron chi connectivity index (χ1n) is 14.2. The number of ketones is 1. The zero-order chi connectivity index (χ0) is 30.8. The van der Waals surface area contributed by atoms with Gasteiger partial charge in [-0.1, -0.05) is 78.9 Å². The smallest absolute Gasteiger partial charge is 0.326 e. The van der Waals surface area contributed by atoms with E-state index in [0.717, 1.165) is 16.8 Å². The molecule has 220 valence electrons. The number of benzene rings is 4. The Morgan fingerprint density at radius 3 is 2.19 bits per heavy atom. The van der Waals surface area contributed by atoms with Gasteiger partial charge in [0.2, 0.25) is 0 Å². The highest BCUT2D eigenvalue weighted by Crippen LogP contribution is 2.22. The quantitative estimate of drug-likeness (QED) is 0.0984. The summed E-state index contributed by atoms with van der Waals surface area (Å²) in [6.07, 6.45) is 0.818. The molecule has 0 aromatic heterocycles. The van der Waals surface area contributed by atoms with Gasteiger partial charge in [0.25, 0.3) is 5.91 Å². The Bertz CT molecular complexity index is 1560. The Balaban J connectivity index is 1.35. The van der Waals surface area contributed by atoms with E-state index in [4.69, 9.17) is 4.74 Å². The standard InChI is InChI=1S/C36H36N2O5/c1-25(2)35(40)38(29-18-14-26(3)15-19-29)22-9-23-43-30-20-16-27(17-21-30)24-33(36(41)42)37-32-13-8-7-12-31(32)34(39)28-10-5-4-6-11-28/h4-8,10-21,33,37H,1,9,22-24H2,2-3H3,(H,41,42)/t33-/m0/s1. The van der Waals surface area contributed by atoms with Gasteiger partial charge >= 0.3 is 5.97 Å². The van der Waals surface area contributed by atoms with Crippen molar-refractivity contribution >= 4 is 29.0 Å². The van der Waals surface area contributed by atoms with E-state index in [1.54, 1.807) is 72.5 Å². The van der Waals surface area contributed by atoms with Gasteiger partial charge in [-0.3, -0.25) is 9.59 Å². The molecule has 1 atom stereocenters. The molecule has 2 N–H and O–H groups in total. The Kier molecular flexibility index (Phi) is 10.5. The number of amides is 1. The maximum Gasteiger partial charge on any atom is 0.326 e. The van der Waals surface area contributed by atoms with Gasteiger partial charge in [0.05, 0.1) is 6.61 Å². The molecule has 0 spiro atoms. The largest absolute Gasteiger partial charge is 0.494 e. The molecule has 0 saturated heterocycles. The fourth-order valence-corrected chi connectivity index (χ4v) is 4.61. The maximum atomic E-state index is 13.1. The summed E-state index contributed by atoms with van der Waals surface area (Å²) in [5.74, 6) is -0.678. The molecular weight excluding hydrogens is 540 g/mol. The molecule has 0 saturated carbocycles. The van der Waals surface area contributed by atoms with E-state index in [0.29, 0.717) is 47.7 Å². The van der Waals surface area contributed by atoms with Gasteiger partial charge in [-0.2, -0.15) is 0 Å². The maximum absolute atomic E-state index is 13.1. The van der Waals surface area contributed by atoms with Crippen LogP contribution in [0.1, 0.15) is 40.4 Å². The first kappa shape index (κ1) is 30.8. The van der Waals surface area contributed by atoms with Crippen molar-refractivity contribution < 1.29 is 24.2 Å². The molecule has 7 nitrogen and oxygen atoms in total. The minimum absolute atomic E-state index is 0.123. The summed E-state index contributed by atoms with van der Waals surface area (Å²) in [7, 11) is 0. The van der Waals surface area contributed by atoms with Crippen molar-refractivity contribution in [2.75, 3.05) is 23.4 Å². The van der Waals surface area contributed by atoms with Gasteiger partial charge < -0.3 is 20.1 Å². The van der Waals surface area contributed by atoms with Crippen LogP contribution in [0.4, 0.5) is 11.4 Å². The monoisotopic (exact) mass is 576 g/mol. The summed E-state index contributed by atoms with van der Waals surface area (Å²) in [5.41, 5.74) is 4.62. The molecule has 0 aliphatic carbocycles. The molecule has 0 bridgehead atoms. The summed E-state index contributed by atoms with van der Waals surface area (Å²) in [4.78, 5) is 39.7. The fourth-order valence-electron chi connectivity index (χ4n) is 4.61. The van der Waals surface area contributed by atoms with Crippen molar-refractivity contribution in [3.05, 3.63) is 138 Å². The van der Waals surface area contributed by atoms with Gasteiger partial charge in [-0.15, -0.1) is 0 Å². The number of nitrogens with one attached hydrogen (secondary N) is 1. The molecule has 4 rings (SSSR count). The number of para-hydroxylation sites is 1. The van der Waals surface area contributed by atoms with Crippen LogP contribution in [0.2, 0.25) is 0 Å². The number of carbonyl (C=O) groups is 3. The lowest BCUT2D eigenvalue weighted by molar-refractivity contribution is -0.137. The van der Waals surface area contributed by atoms with Gasteiger partial charge in [0, 0.05) is 41.0 Å². The molecule has 0 radical (unpaired) electrons. The van der Waals surface area contributed by atoms with E-state index in [1.165, 1.54) is 0 Å². The minimum atomic E-state index is -1.02. The molecule has 4 aromatic rings. The van der Waals surface area contributed by atoms with Crippen LogP contribution in [0.25, 0.3) is 0 Å². The topological polar surface area (TPSA) is 95.9 Å². The highest BCUT2D eigenvalue weighted by Gasteiger charge is 2.21. The lowest BCUT2D eigenvalue weighted by atomic mass is 10.00. The highest BCUT2D eigenvalue weighted by molar-refractivity contribution is 6.12. The molecule has 0 fully saturated rings. The summed E-state index contributed by atoms with van der Waals surface area (Å²) < 4.78 is 5.91. The minimum Gasteiger partial charge on any atom is -0.494 e. The Hall–Kier alpha value is -5.17. The van der Waals surface area contributed by atoms with Crippen LogP contribution in [0, 0.1) is 6.92 Å². The van der Waals surface area contributed by atoms with Crippen LogP contribution in [-0.4, -0.2) is 42.0 Å². The summed E-state index contributed by atoms with van der Waals surface area (Å²) in [5, 5.41) is 13.0. The van der Waals surface area contributed by atoms with Crippen LogP contribution >= 0.6 is 0 Å². The second-order valence-corrected chi connectivity index (χ2v) is 10.4. The molecule has 1 amide bonds. The Labute approximate surface area is 252 Å². The predicted molar refractivity (Wildman–Crippen MR) is 170 cm³/mol. The lowest BCUT2D eigenvalue weighted by Crippen LogP contribution is -2.33. The third-order valence-electron chi connectivity index (χ3n) is 6.95. The molecule has 0 unspecified atom stereocenters. The van der Waals surface area contributed by atoms with E-state index in [-0.39, 0.29) is 18.1 Å². The van der Waals surface area contributed by atoms with Gasteiger partial charge in [0.1, 0.15) is 11.8 Å². The molecule has 43 heavy (non-hydrogen) atoms. The Morgan fingerprint density at radius 1 is 0.884 bits per heavy atom. The van der Waals surface area contributed by atoms with Gasteiger partial charge in [0.15, 0.2) is 5.78 Å². The average molecular weight is 577 g/mol. The van der Waals surface area contributed by atoms with Crippen molar-refractivity contribution in [1.29, 1.82) is 0 Å². The second kappa shape index (κ2) is 14.6. The van der Waals surface area contributed by atoms with Crippen molar-refractivity contribution in [1.82, 2.24) is 0 Å². The van der Waals surface area contributed by atoms with E-state index in [9.17, 15) is 19.5 Å². The number of ether oxygens (including phenoxy) is 1. The lowest BCUT2D eigenvalue weighted by Gasteiger charge is -2.23. The summed E-state index contributed by atoms with van der Waals surface area (Å²) in [6, 6.07) is 29.9. The van der Waals surface area contributed by atoms with E-state index in [2.05, 4.69) is 11.9 Å². The first-order valence-corrected chi connectivity index (χ1v) is 14.2. The third kappa shape index (κ3) is 8.42. The predicted octanol–water partition coefficient (Wildman–Crippen LogP) is 6.71. The summed E-state index contributed by atoms with van der Waals surface area (Å²) >= 11 is 0. The molecule has 7 heteroatoms. The third-order valence-corrected chi connectivity index (χ3v) is 6.95. The van der Waals surface area contributed by atoms with E-state index >= 15 is 0 Å². The zero-order valence-corrected chi connectivity index (χ0v) is 24.5. The second-order valence-electron chi connectivity index (χ2n) is 10.4. The molecule has 0 aliphatic heterocycles. The van der Waals surface area contributed by atoms with Crippen molar-refractivity contribution in [2.24, 2.45) is 0 Å². The molecule has 0 heterocycles. The average Bonchev–Trinajstić information content (AvgIpc) is 3.02. The van der Waals surface area contributed by atoms with Crippen LogP contribution in [0.5, 0.6) is 5.75 Å². The van der Waals surface area contributed by atoms with Crippen LogP contribution in [0.15, 0.2) is 115 Å². The first-order chi connectivity index (χ1) is 20.7. The van der Waals surface area contributed by atoms with Gasteiger partial charge in [-0.05, 0) is 62.2 Å². The number of aryl methyl sites for hydroxylation is 1. The van der Waals surface area contributed by atoms with Gasteiger partial charge in [-0.25, -0.2) is 4.79 Å². The van der Waals surface area contributed by atoms with Crippen molar-refractivity contribution in [3.63, 3.8) is 0 Å². The number of carbonyl (C=O) groups excluding carboxylic acids is 2. The zero-order valence-electron chi connectivity index (χ0n) is 24.5. The van der Waals surface area contributed by atoms with Crippen LogP contribution in [0.3, 0.4) is 0 Å². The van der Waals surface area contributed by atoms with Crippen LogP contribution in [-0.2, 0) is 16.0 Å². The number of anilines is 2. The number of nitrogens with zero attached hydrogens (tertiary/aromatic N) is 1. The molecule has 4 aromatic carbocycles. The summed E-state index contributed by atoms with van der Waals surface area (Å²) in [6.45, 7) is 8.39. The highest BCUT2D eigenvalue weighted by atomic mass is 16.5. The molecule has 0 aliphatic rings. The Morgan fingerprint density at radius 2 is 1.53 bits per heavy atom. The number of hydrogen-bond acceptors (Lipinski definition) is 5. The SMILES string of the molecule is C=C(C)C(=O)N(CCCOc1ccc(C[C@H](Nc2ccccc2C(=O)c2ccccc2)C(=O)O)cc1)c1ccc(C)cc1. The van der Waals surface area contributed by atoms with E-state index in [1.807, 2.05) is 49.4 Å². The number of carboxylic acid groups (broad SMARTS) is 1. The van der Waals surface area contributed by atoms with Crippen LogP contribution < -0.4 is 15.0 Å². The van der Waals surface area contributed by atoms with Crippen molar-refractivity contribution in [3.8, 4) is 5.75 Å². The van der Waals surface area contributed by atoms with E-state index < -0.39 is 12.0 Å². The fraction of sp³-hybridized carbons (Fsp3) is 0.194.